The lowest BCUT2D eigenvalue weighted by atomic mass is 9.99. The first-order valence-electron chi connectivity index (χ1n) is 9.14. The quantitative estimate of drug-likeness (QED) is 0.659. The van der Waals surface area contributed by atoms with Crippen LogP contribution in [0.2, 0.25) is 0 Å². The average molecular weight is 333 g/mol. The highest BCUT2D eigenvalue weighted by molar-refractivity contribution is 5.82. The highest BCUT2D eigenvalue weighted by Crippen LogP contribution is 2.19. The van der Waals surface area contributed by atoms with Crippen molar-refractivity contribution in [3.63, 3.8) is 0 Å². The van der Waals surface area contributed by atoms with Crippen molar-refractivity contribution in [3.05, 3.63) is 83.4 Å². The van der Waals surface area contributed by atoms with Crippen molar-refractivity contribution >= 4 is 10.8 Å². The Balaban J connectivity index is 1.59. The molecule has 3 aromatic carbocycles. The zero-order valence-corrected chi connectivity index (χ0v) is 15.1. The van der Waals surface area contributed by atoms with Gasteiger partial charge in [-0.15, -0.1) is 0 Å². The minimum absolute atomic E-state index is 0.310. The van der Waals surface area contributed by atoms with Crippen LogP contribution in [0.4, 0.5) is 0 Å². The summed E-state index contributed by atoms with van der Waals surface area (Å²) in [5.74, 6) is 0. The van der Waals surface area contributed by atoms with Crippen LogP contribution >= 0.6 is 0 Å². The molecule has 3 rings (SSSR count). The number of fused-ring (bicyclic) bond motifs is 1. The summed E-state index contributed by atoms with van der Waals surface area (Å²) in [5, 5.41) is 16.6. The number of aliphatic hydroxyl groups is 1. The van der Waals surface area contributed by atoms with E-state index in [0.717, 1.165) is 18.4 Å². The van der Waals surface area contributed by atoms with E-state index in [1.165, 1.54) is 21.9 Å². The number of hydrogen-bond acceptors (Lipinski definition) is 2. The summed E-state index contributed by atoms with van der Waals surface area (Å²) >= 11 is 0. The molecule has 2 atom stereocenters. The van der Waals surface area contributed by atoms with Gasteiger partial charge in [0.05, 0.1) is 6.10 Å². The Labute approximate surface area is 150 Å². The predicted octanol–water partition coefficient (Wildman–Crippen LogP) is 4.66. The Morgan fingerprint density at radius 3 is 2.44 bits per heavy atom. The van der Waals surface area contributed by atoms with Gasteiger partial charge in [0.25, 0.3) is 0 Å². The van der Waals surface area contributed by atoms with Gasteiger partial charge in [-0.25, -0.2) is 0 Å². The summed E-state index contributed by atoms with van der Waals surface area (Å²) in [6.45, 7) is 4.88. The molecule has 2 unspecified atom stereocenters. The van der Waals surface area contributed by atoms with Gasteiger partial charge in [0.1, 0.15) is 0 Å². The zero-order chi connectivity index (χ0) is 17.6. The third kappa shape index (κ3) is 4.47. The zero-order valence-electron chi connectivity index (χ0n) is 15.1. The van der Waals surface area contributed by atoms with Crippen molar-refractivity contribution < 1.29 is 5.11 Å². The van der Waals surface area contributed by atoms with Gasteiger partial charge in [-0.3, -0.25) is 0 Å². The van der Waals surface area contributed by atoms with Crippen LogP contribution in [0, 0.1) is 0 Å². The number of hydrogen-bond donors (Lipinski definition) is 2. The third-order valence-electron chi connectivity index (χ3n) is 4.81. The predicted molar refractivity (Wildman–Crippen MR) is 106 cm³/mol. The van der Waals surface area contributed by atoms with E-state index in [1.54, 1.807) is 0 Å². The molecule has 0 heterocycles. The molecule has 130 valence electrons. The number of nitrogens with one attached hydrogen (secondary N) is 1. The van der Waals surface area contributed by atoms with E-state index in [1.807, 2.05) is 18.2 Å². The van der Waals surface area contributed by atoms with E-state index in [-0.39, 0.29) is 0 Å². The van der Waals surface area contributed by atoms with Crippen LogP contribution < -0.4 is 5.32 Å². The summed E-state index contributed by atoms with van der Waals surface area (Å²) in [5.41, 5.74) is 3.58. The SMILES string of the molecule is CCc1ccccc1C(O)CNC(C)Cc1ccc2ccccc2c1. The minimum atomic E-state index is -0.463. The van der Waals surface area contributed by atoms with Crippen molar-refractivity contribution in [2.45, 2.75) is 38.8 Å². The second-order valence-corrected chi connectivity index (χ2v) is 6.76. The highest BCUT2D eigenvalue weighted by Gasteiger charge is 2.12. The van der Waals surface area contributed by atoms with Crippen LogP contribution in [-0.2, 0) is 12.8 Å². The molecule has 2 N–H and O–H groups in total. The second kappa shape index (κ2) is 8.28. The van der Waals surface area contributed by atoms with Crippen LogP contribution in [0.1, 0.15) is 36.6 Å². The molecule has 0 aliphatic heterocycles. The normalized spacial score (nSPS) is 13.7. The van der Waals surface area contributed by atoms with Gasteiger partial charge in [-0.1, -0.05) is 73.7 Å². The summed E-state index contributed by atoms with van der Waals surface area (Å²) in [6, 6.07) is 23.5. The molecule has 0 saturated carbocycles. The van der Waals surface area contributed by atoms with E-state index in [0.29, 0.717) is 12.6 Å². The molecule has 0 amide bonds. The Morgan fingerprint density at radius 2 is 1.64 bits per heavy atom. The van der Waals surface area contributed by atoms with Crippen molar-refractivity contribution in [1.82, 2.24) is 5.32 Å². The lowest BCUT2D eigenvalue weighted by molar-refractivity contribution is 0.169. The number of aryl methyl sites for hydroxylation is 1. The topological polar surface area (TPSA) is 32.3 Å². The Kier molecular flexibility index (Phi) is 5.85. The standard InChI is InChI=1S/C23H27NO/c1-3-19-8-6-7-11-22(19)23(25)16-24-17(2)14-18-12-13-20-9-4-5-10-21(20)15-18/h4-13,15,17,23-25H,3,14,16H2,1-2H3. The van der Waals surface area contributed by atoms with Gasteiger partial charge < -0.3 is 10.4 Å². The largest absolute Gasteiger partial charge is 0.387 e. The molecule has 25 heavy (non-hydrogen) atoms. The molecule has 0 aliphatic rings. The second-order valence-electron chi connectivity index (χ2n) is 6.76. The fourth-order valence-electron chi connectivity index (χ4n) is 3.40. The molecule has 0 radical (unpaired) electrons. The molecule has 3 aromatic rings. The number of aliphatic hydroxyl groups excluding tert-OH is 1. The summed E-state index contributed by atoms with van der Waals surface area (Å²) < 4.78 is 0. The minimum Gasteiger partial charge on any atom is -0.387 e. The van der Waals surface area contributed by atoms with Crippen molar-refractivity contribution in [1.29, 1.82) is 0 Å². The third-order valence-corrected chi connectivity index (χ3v) is 4.81. The molecule has 0 aromatic heterocycles. The van der Waals surface area contributed by atoms with Crippen molar-refractivity contribution in [3.8, 4) is 0 Å². The Hall–Kier alpha value is -2.16. The van der Waals surface area contributed by atoms with Gasteiger partial charge in [0, 0.05) is 12.6 Å². The molecule has 0 aliphatic carbocycles. The number of rotatable bonds is 7. The molecule has 2 heteroatoms. The molecule has 0 spiro atoms. The molecule has 0 fully saturated rings. The fourth-order valence-corrected chi connectivity index (χ4v) is 3.40. The molecule has 0 saturated heterocycles. The van der Waals surface area contributed by atoms with E-state index in [9.17, 15) is 5.11 Å². The molecular weight excluding hydrogens is 306 g/mol. The fraction of sp³-hybridized carbons (Fsp3) is 0.304. The maximum Gasteiger partial charge on any atom is 0.0917 e. The summed E-state index contributed by atoms with van der Waals surface area (Å²) in [6.07, 6.45) is 1.43. The van der Waals surface area contributed by atoms with E-state index < -0.39 is 6.10 Å². The van der Waals surface area contributed by atoms with E-state index >= 15 is 0 Å². The lowest BCUT2D eigenvalue weighted by Crippen LogP contribution is -2.32. The van der Waals surface area contributed by atoms with Gasteiger partial charge in [-0.2, -0.15) is 0 Å². The van der Waals surface area contributed by atoms with Crippen LogP contribution in [0.5, 0.6) is 0 Å². The highest BCUT2D eigenvalue weighted by atomic mass is 16.3. The van der Waals surface area contributed by atoms with Gasteiger partial charge in [-0.05, 0) is 47.2 Å². The number of benzene rings is 3. The van der Waals surface area contributed by atoms with Crippen LogP contribution in [0.15, 0.2) is 66.7 Å². The average Bonchev–Trinajstić information content (AvgIpc) is 2.66. The monoisotopic (exact) mass is 333 g/mol. The van der Waals surface area contributed by atoms with Crippen LogP contribution in [-0.4, -0.2) is 17.7 Å². The van der Waals surface area contributed by atoms with Crippen LogP contribution in [0.3, 0.4) is 0 Å². The van der Waals surface area contributed by atoms with Crippen molar-refractivity contribution in [2.75, 3.05) is 6.54 Å². The Bertz CT molecular complexity index is 827. The first-order valence-corrected chi connectivity index (χ1v) is 9.14. The van der Waals surface area contributed by atoms with Crippen molar-refractivity contribution in [2.24, 2.45) is 0 Å². The summed E-state index contributed by atoms with van der Waals surface area (Å²) in [7, 11) is 0. The smallest absolute Gasteiger partial charge is 0.0917 e. The lowest BCUT2D eigenvalue weighted by Gasteiger charge is -2.19. The van der Waals surface area contributed by atoms with Crippen LogP contribution in [0.25, 0.3) is 10.8 Å². The maximum atomic E-state index is 10.5. The Morgan fingerprint density at radius 1 is 0.920 bits per heavy atom. The van der Waals surface area contributed by atoms with Gasteiger partial charge in [0.15, 0.2) is 0 Å². The van der Waals surface area contributed by atoms with Gasteiger partial charge in [0.2, 0.25) is 0 Å². The first kappa shape index (κ1) is 17.7. The van der Waals surface area contributed by atoms with Gasteiger partial charge >= 0.3 is 0 Å². The molecular formula is C23H27NO. The first-order chi connectivity index (χ1) is 12.2. The van der Waals surface area contributed by atoms with E-state index in [2.05, 4.69) is 67.7 Å². The maximum absolute atomic E-state index is 10.5. The summed E-state index contributed by atoms with van der Waals surface area (Å²) in [4.78, 5) is 0. The molecule has 2 nitrogen and oxygen atoms in total. The molecule has 0 bridgehead atoms. The van der Waals surface area contributed by atoms with E-state index in [4.69, 9.17) is 0 Å².